The number of ether oxygens (including phenoxy) is 1. The molecular weight excluding hydrogens is 349 g/mol. The molecule has 6 nitrogen and oxygen atoms in total. The zero-order valence-electron chi connectivity index (χ0n) is 14.2. The van der Waals surface area contributed by atoms with Crippen LogP contribution < -0.4 is 9.64 Å². The lowest BCUT2D eigenvalue weighted by Crippen LogP contribution is -2.32. The standard InChI is InChI=1S/C17H17F3N4O2/c1-23(2)13-5-6-14(22-21-13)26-10-7-8-24(9-10)17(25)11-3-4-12(18)16(20)15(11)19/h3-6,10H,7-9H2,1-2H3. The fraction of sp³-hybridized carbons (Fsp3) is 0.353. The van der Waals surface area contributed by atoms with Crippen molar-refractivity contribution in [3.8, 4) is 5.88 Å². The second-order valence-corrected chi connectivity index (χ2v) is 6.13. The van der Waals surface area contributed by atoms with Gasteiger partial charge >= 0.3 is 0 Å². The van der Waals surface area contributed by atoms with Gasteiger partial charge in [0.25, 0.3) is 5.91 Å². The summed E-state index contributed by atoms with van der Waals surface area (Å²) in [6.07, 6.45) is 0.167. The van der Waals surface area contributed by atoms with E-state index in [-0.39, 0.29) is 12.6 Å². The van der Waals surface area contributed by atoms with Crippen molar-refractivity contribution in [2.75, 3.05) is 32.1 Å². The Labute approximate surface area is 148 Å². The third-order valence-electron chi connectivity index (χ3n) is 4.07. The zero-order chi connectivity index (χ0) is 18.8. The summed E-state index contributed by atoms with van der Waals surface area (Å²) >= 11 is 0. The Hall–Kier alpha value is -2.84. The predicted molar refractivity (Wildman–Crippen MR) is 87.6 cm³/mol. The van der Waals surface area contributed by atoms with E-state index in [1.165, 1.54) is 4.90 Å². The number of carbonyl (C=O) groups excluding carboxylic acids is 1. The van der Waals surface area contributed by atoms with Gasteiger partial charge < -0.3 is 14.5 Å². The van der Waals surface area contributed by atoms with Crippen molar-refractivity contribution >= 4 is 11.7 Å². The van der Waals surface area contributed by atoms with Crippen LogP contribution >= 0.6 is 0 Å². The average Bonchev–Trinajstić information content (AvgIpc) is 3.08. The van der Waals surface area contributed by atoms with Gasteiger partial charge in [-0.2, -0.15) is 0 Å². The number of likely N-dealkylation sites (tertiary alicyclic amines) is 1. The maximum atomic E-state index is 13.8. The molecule has 1 amide bonds. The number of hydrogen-bond donors (Lipinski definition) is 0. The van der Waals surface area contributed by atoms with E-state index in [1.807, 2.05) is 14.1 Å². The Morgan fingerprint density at radius 1 is 1.15 bits per heavy atom. The van der Waals surface area contributed by atoms with E-state index in [9.17, 15) is 18.0 Å². The van der Waals surface area contributed by atoms with Gasteiger partial charge in [0.05, 0.1) is 12.1 Å². The molecule has 9 heteroatoms. The van der Waals surface area contributed by atoms with Crippen LogP contribution in [-0.4, -0.2) is 54.3 Å². The molecule has 2 aromatic rings. The molecule has 1 saturated heterocycles. The molecule has 0 spiro atoms. The number of benzene rings is 1. The largest absolute Gasteiger partial charge is 0.471 e. The van der Waals surface area contributed by atoms with Gasteiger partial charge in [-0.15, -0.1) is 10.2 Å². The van der Waals surface area contributed by atoms with Crippen LogP contribution in [-0.2, 0) is 0 Å². The number of rotatable bonds is 4. The number of halogens is 3. The van der Waals surface area contributed by atoms with E-state index in [0.717, 1.165) is 12.1 Å². The van der Waals surface area contributed by atoms with E-state index in [4.69, 9.17) is 4.74 Å². The molecular formula is C17H17F3N4O2. The van der Waals surface area contributed by atoms with Crippen LogP contribution in [0.3, 0.4) is 0 Å². The average molecular weight is 366 g/mol. The maximum Gasteiger partial charge on any atom is 0.257 e. The molecule has 26 heavy (non-hydrogen) atoms. The number of amides is 1. The molecule has 1 aliphatic heterocycles. The molecule has 3 rings (SSSR count). The van der Waals surface area contributed by atoms with Crippen LogP contribution in [0, 0.1) is 17.5 Å². The van der Waals surface area contributed by atoms with Crippen LogP contribution in [0.15, 0.2) is 24.3 Å². The Bertz CT molecular complexity index is 814. The second-order valence-electron chi connectivity index (χ2n) is 6.13. The molecule has 1 aliphatic rings. The molecule has 0 radical (unpaired) electrons. The topological polar surface area (TPSA) is 58.6 Å². The number of aromatic nitrogens is 2. The summed E-state index contributed by atoms with van der Waals surface area (Å²) in [6, 6.07) is 5.09. The zero-order valence-corrected chi connectivity index (χ0v) is 14.2. The third-order valence-corrected chi connectivity index (χ3v) is 4.07. The Balaban J connectivity index is 1.65. The van der Waals surface area contributed by atoms with Gasteiger partial charge in [0.15, 0.2) is 23.3 Å². The fourth-order valence-corrected chi connectivity index (χ4v) is 2.66. The van der Waals surface area contributed by atoms with Crippen LogP contribution in [0.5, 0.6) is 5.88 Å². The van der Waals surface area contributed by atoms with Crippen LogP contribution in [0.2, 0.25) is 0 Å². The molecule has 138 valence electrons. The van der Waals surface area contributed by atoms with E-state index in [2.05, 4.69) is 10.2 Å². The van der Waals surface area contributed by atoms with Crippen molar-refractivity contribution < 1.29 is 22.7 Å². The monoisotopic (exact) mass is 366 g/mol. The van der Waals surface area contributed by atoms with Crippen LogP contribution in [0.4, 0.5) is 19.0 Å². The first kappa shape index (κ1) is 18.0. The third kappa shape index (κ3) is 3.56. The van der Waals surface area contributed by atoms with Crippen molar-refractivity contribution in [2.45, 2.75) is 12.5 Å². The van der Waals surface area contributed by atoms with Gasteiger partial charge in [-0.1, -0.05) is 0 Å². The quantitative estimate of drug-likeness (QED) is 0.777. The second kappa shape index (κ2) is 7.19. The first-order valence-corrected chi connectivity index (χ1v) is 7.97. The van der Waals surface area contributed by atoms with E-state index in [1.54, 1.807) is 17.0 Å². The van der Waals surface area contributed by atoms with E-state index >= 15 is 0 Å². The highest BCUT2D eigenvalue weighted by atomic mass is 19.2. The van der Waals surface area contributed by atoms with Crippen molar-refractivity contribution in [1.29, 1.82) is 0 Å². The van der Waals surface area contributed by atoms with Gasteiger partial charge in [-0.3, -0.25) is 4.79 Å². The summed E-state index contributed by atoms with van der Waals surface area (Å²) in [6.45, 7) is 0.500. The first-order valence-electron chi connectivity index (χ1n) is 7.97. The molecule has 0 N–H and O–H groups in total. The van der Waals surface area contributed by atoms with E-state index in [0.29, 0.717) is 24.7 Å². The Morgan fingerprint density at radius 2 is 1.92 bits per heavy atom. The van der Waals surface area contributed by atoms with Crippen molar-refractivity contribution in [2.24, 2.45) is 0 Å². The minimum atomic E-state index is -1.65. The molecule has 0 bridgehead atoms. The fourth-order valence-electron chi connectivity index (χ4n) is 2.66. The molecule has 2 heterocycles. The smallest absolute Gasteiger partial charge is 0.257 e. The minimum Gasteiger partial charge on any atom is -0.471 e. The Morgan fingerprint density at radius 3 is 2.58 bits per heavy atom. The normalized spacial score (nSPS) is 16.7. The predicted octanol–water partition coefficient (Wildman–Crippen LogP) is 2.25. The van der Waals surface area contributed by atoms with Gasteiger partial charge in [0.1, 0.15) is 6.10 Å². The van der Waals surface area contributed by atoms with Crippen LogP contribution in [0.25, 0.3) is 0 Å². The maximum absolute atomic E-state index is 13.8. The summed E-state index contributed by atoms with van der Waals surface area (Å²) in [5, 5.41) is 7.95. The molecule has 0 aliphatic carbocycles. The summed E-state index contributed by atoms with van der Waals surface area (Å²) in [5.74, 6) is -4.19. The molecule has 0 saturated carbocycles. The lowest BCUT2D eigenvalue weighted by atomic mass is 10.1. The van der Waals surface area contributed by atoms with Crippen molar-refractivity contribution in [1.82, 2.24) is 15.1 Å². The number of nitrogens with zero attached hydrogens (tertiary/aromatic N) is 4. The van der Waals surface area contributed by atoms with Gasteiger partial charge in [-0.25, -0.2) is 13.2 Å². The van der Waals surface area contributed by atoms with E-state index < -0.39 is 28.9 Å². The molecule has 1 atom stereocenters. The van der Waals surface area contributed by atoms with Crippen molar-refractivity contribution in [3.63, 3.8) is 0 Å². The summed E-state index contributed by atoms with van der Waals surface area (Å²) < 4.78 is 45.8. The first-order chi connectivity index (χ1) is 12.4. The lowest BCUT2D eigenvalue weighted by Gasteiger charge is -2.17. The van der Waals surface area contributed by atoms with Crippen molar-refractivity contribution in [3.05, 3.63) is 47.3 Å². The summed E-state index contributed by atoms with van der Waals surface area (Å²) in [4.78, 5) is 15.5. The molecule has 1 unspecified atom stereocenters. The number of anilines is 1. The minimum absolute atomic E-state index is 0.189. The van der Waals surface area contributed by atoms with Gasteiger partial charge in [0.2, 0.25) is 5.88 Å². The highest BCUT2D eigenvalue weighted by Crippen LogP contribution is 2.22. The molecule has 1 fully saturated rings. The molecule has 1 aromatic carbocycles. The Kier molecular flexibility index (Phi) is 4.97. The SMILES string of the molecule is CN(C)c1ccc(OC2CCN(C(=O)c3ccc(F)c(F)c3F)C2)nn1. The number of hydrogen-bond acceptors (Lipinski definition) is 5. The van der Waals surface area contributed by atoms with Crippen LogP contribution in [0.1, 0.15) is 16.8 Å². The van der Waals surface area contributed by atoms with Gasteiger partial charge in [0, 0.05) is 33.1 Å². The lowest BCUT2D eigenvalue weighted by molar-refractivity contribution is 0.0765. The molecule has 1 aromatic heterocycles. The highest BCUT2D eigenvalue weighted by Gasteiger charge is 2.31. The summed E-state index contributed by atoms with van der Waals surface area (Å²) in [5.41, 5.74) is -0.500. The number of carbonyl (C=O) groups is 1. The highest BCUT2D eigenvalue weighted by molar-refractivity contribution is 5.94. The summed E-state index contributed by atoms with van der Waals surface area (Å²) in [7, 11) is 3.67. The van der Waals surface area contributed by atoms with Gasteiger partial charge in [-0.05, 0) is 18.2 Å².